The molecule has 0 saturated carbocycles. The van der Waals surface area contributed by atoms with Gasteiger partial charge < -0.3 is 19.8 Å². The number of carbonyl (C=O) groups is 1. The van der Waals surface area contributed by atoms with Crippen molar-refractivity contribution in [1.82, 2.24) is 0 Å². The van der Waals surface area contributed by atoms with Crippen LogP contribution in [0.15, 0.2) is 18.2 Å². The molecule has 1 heterocycles. The van der Waals surface area contributed by atoms with E-state index in [9.17, 15) is 9.90 Å². The number of hydrogen-bond donors (Lipinski definition) is 2. The zero-order valence-corrected chi connectivity index (χ0v) is 9.75. The summed E-state index contributed by atoms with van der Waals surface area (Å²) in [4.78, 5) is 12.8. The van der Waals surface area contributed by atoms with Crippen molar-refractivity contribution >= 4 is 11.7 Å². The van der Waals surface area contributed by atoms with Crippen molar-refractivity contribution in [2.24, 2.45) is 0 Å². The van der Waals surface area contributed by atoms with Crippen molar-refractivity contribution in [2.75, 3.05) is 18.6 Å². The van der Waals surface area contributed by atoms with Crippen LogP contribution in [-0.4, -0.2) is 42.0 Å². The molecule has 5 nitrogen and oxygen atoms in total. The molecule has 92 valence electrons. The number of carboxylic acids is 1. The highest BCUT2D eigenvalue weighted by atomic mass is 16.5. The molecule has 5 heteroatoms. The number of rotatable bonds is 2. The number of fused-ring (bicyclic) bond motifs is 1. The molecule has 2 atom stereocenters. The number of anilines is 1. The second kappa shape index (κ2) is 4.25. The van der Waals surface area contributed by atoms with Gasteiger partial charge in [-0.25, -0.2) is 4.79 Å². The largest absolute Gasteiger partial charge is 0.484 e. The van der Waals surface area contributed by atoms with E-state index in [-0.39, 0.29) is 24.3 Å². The van der Waals surface area contributed by atoms with Gasteiger partial charge in [-0.15, -0.1) is 0 Å². The first-order chi connectivity index (χ1) is 8.04. The third-order valence-corrected chi connectivity index (χ3v) is 3.19. The highest BCUT2D eigenvalue weighted by molar-refractivity contribution is 5.89. The van der Waals surface area contributed by atoms with Crippen molar-refractivity contribution in [3.8, 4) is 5.75 Å². The molecular formula is C12H15NO4. The maximum atomic E-state index is 10.9. The van der Waals surface area contributed by atoms with E-state index in [1.54, 1.807) is 12.1 Å². The zero-order chi connectivity index (χ0) is 12.6. The Morgan fingerprint density at radius 3 is 2.82 bits per heavy atom. The SMILES string of the molecule is CC1C(CO)Oc2cc(C(=O)O)ccc2N1C. The van der Waals surface area contributed by atoms with Crippen molar-refractivity contribution in [2.45, 2.75) is 19.1 Å². The molecule has 2 rings (SSSR count). The smallest absolute Gasteiger partial charge is 0.335 e. The summed E-state index contributed by atoms with van der Waals surface area (Å²) in [5.74, 6) is -0.484. The van der Waals surface area contributed by atoms with Gasteiger partial charge in [0.15, 0.2) is 0 Å². The number of aliphatic hydroxyl groups is 1. The summed E-state index contributed by atoms with van der Waals surface area (Å²) >= 11 is 0. The molecule has 1 aromatic carbocycles. The average Bonchev–Trinajstić information content (AvgIpc) is 2.33. The van der Waals surface area contributed by atoms with Crippen LogP contribution in [0.25, 0.3) is 0 Å². The zero-order valence-electron chi connectivity index (χ0n) is 9.75. The van der Waals surface area contributed by atoms with Gasteiger partial charge in [-0.05, 0) is 25.1 Å². The van der Waals surface area contributed by atoms with Gasteiger partial charge in [-0.2, -0.15) is 0 Å². The highest BCUT2D eigenvalue weighted by Gasteiger charge is 2.30. The van der Waals surface area contributed by atoms with Crippen LogP contribution in [0.4, 0.5) is 5.69 Å². The van der Waals surface area contributed by atoms with Crippen LogP contribution in [0.3, 0.4) is 0 Å². The predicted octanol–water partition coefficient (Wildman–Crippen LogP) is 0.963. The van der Waals surface area contributed by atoms with Crippen LogP contribution in [0, 0.1) is 0 Å². The average molecular weight is 237 g/mol. The molecule has 0 amide bonds. The minimum Gasteiger partial charge on any atom is -0.484 e. The molecule has 1 aliphatic heterocycles. The van der Waals surface area contributed by atoms with Crippen molar-refractivity contribution in [1.29, 1.82) is 0 Å². The summed E-state index contributed by atoms with van der Waals surface area (Å²) in [6.07, 6.45) is -0.337. The van der Waals surface area contributed by atoms with Crippen LogP contribution in [0.1, 0.15) is 17.3 Å². The lowest BCUT2D eigenvalue weighted by atomic mass is 10.1. The van der Waals surface area contributed by atoms with Gasteiger partial charge in [0.25, 0.3) is 0 Å². The third kappa shape index (κ3) is 1.93. The first-order valence-corrected chi connectivity index (χ1v) is 5.42. The highest BCUT2D eigenvalue weighted by Crippen LogP contribution is 2.35. The van der Waals surface area contributed by atoms with Gasteiger partial charge in [0, 0.05) is 7.05 Å². The van der Waals surface area contributed by atoms with Gasteiger partial charge in [0.1, 0.15) is 11.9 Å². The van der Waals surface area contributed by atoms with Gasteiger partial charge >= 0.3 is 5.97 Å². The Labute approximate surface area is 99.2 Å². The first-order valence-electron chi connectivity index (χ1n) is 5.42. The van der Waals surface area contributed by atoms with E-state index >= 15 is 0 Å². The summed E-state index contributed by atoms with van der Waals surface area (Å²) in [5.41, 5.74) is 1.02. The molecule has 0 spiro atoms. The molecule has 17 heavy (non-hydrogen) atoms. The second-order valence-corrected chi connectivity index (χ2v) is 4.18. The van der Waals surface area contributed by atoms with E-state index in [0.717, 1.165) is 5.69 Å². The topological polar surface area (TPSA) is 70.0 Å². The minimum absolute atomic E-state index is 0.0446. The molecule has 0 bridgehead atoms. The Morgan fingerprint density at radius 2 is 2.24 bits per heavy atom. The van der Waals surface area contributed by atoms with Crippen molar-refractivity contribution < 1.29 is 19.7 Å². The summed E-state index contributed by atoms with van der Waals surface area (Å²) in [5, 5.41) is 18.1. The molecule has 1 aliphatic rings. The lowest BCUT2D eigenvalue weighted by Gasteiger charge is -2.39. The quantitative estimate of drug-likeness (QED) is 0.801. The Balaban J connectivity index is 2.42. The summed E-state index contributed by atoms with van der Waals surface area (Å²) in [6, 6.07) is 4.81. The van der Waals surface area contributed by atoms with E-state index in [1.165, 1.54) is 6.07 Å². The number of carboxylic acid groups (broad SMARTS) is 1. The monoisotopic (exact) mass is 237 g/mol. The molecular weight excluding hydrogens is 222 g/mol. The summed E-state index contributed by atoms with van der Waals surface area (Å²) in [7, 11) is 1.90. The molecule has 1 aromatic rings. The Bertz CT molecular complexity index is 446. The fraction of sp³-hybridized carbons (Fsp3) is 0.417. The van der Waals surface area contributed by atoms with E-state index in [1.807, 2.05) is 18.9 Å². The fourth-order valence-electron chi connectivity index (χ4n) is 1.95. The van der Waals surface area contributed by atoms with Gasteiger partial charge in [-0.3, -0.25) is 0 Å². The van der Waals surface area contributed by atoms with Crippen molar-refractivity contribution in [3.05, 3.63) is 23.8 Å². The lowest BCUT2D eigenvalue weighted by Crippen LogP contribution is -2.47. The summed E-state index contributed by atoms with van der Waals surface area (Å²) in [6.45, 7) is 1.86. The molecule has 2 N–H and O–H groups in total. The number of aromatic carboxylic acids is 1. The lowest BCUT2D eigenvalue weighted by molar-refractivity contribution is 0.0693. The van der Waals surface area contributed by atoms with Gasteiger partial charge in [0.05, 0.1) is 23.9 Å². The number of ether oxygens (including phenoxy) is 1. The number of aliphatic hydroxyl groups excluding tert-OH is 1. The van der Waals surface area contributed by atoms with Crippen LogP contribution < -0.4 is 9.64 Å². The minimum atomic E-state index is -0.988. The van der Waals surface area contributed by atoms with Crippen LogP contribution >= 0.6 is 0 Å². The van der Waals surface area contributed by atoms with Crippen LogP contribution in [0.5, 0.6) is 5.75 Å². The number of nitrogens with zero attached hydrogens (tertiary/aromatic N) is 1. The molecule has 0 fully saturated rings. The summed E-state index contributed by atoms with van der Waals surface area (Å²) < 4.78 is 5.60. The maximum Gasteiger partial charge on any atom is 0.335 e. The third-order valence-electron chi connectivity index (χ3n) is 3.19. The van der Waals surface area contributed by atoms with E-state index in [4.69, 9.17) is 9.84 Å². The molecule has 0 radical (unpaired) electrons. The Kier molecular flexibility index (Phi) is 2.93. The standard InChI is InChI=1S/C12H15NO4/c1-7-11(6-14)17-10-5-8(12(15)16)3-4-9(10)13(7)2/h3-5,7,11,14H,6H2,1-2H3,(H,15,16). The van der Waals surface area contributed by atoms with Crippen LogP contribution in [-0.2, 0) is 0 Å². The van der Waals surface area contributed by atoms with E-state index in [0.29, 0.717) is 5.75 Å². The molecule has 0 aliphatic carbocycles. The van der Waals surface area contributed by atoms with Crippen molar-refractivity contribution in [3.63, 3.8) is 0 Å². The number of likely N-dealkylation sites (N-methyl/N-ethyl adjacent to an activating group) is 1. The first kappa shape index (κ1) is 11.7. The molecule has 0 saturated heterocycles. The molecule has 0 aromatic heterocycles. The number of benzene rings is 1. The fourth-order valence-corrected chi connectivity index (χ4v) is 1.95. The second-order valence-electron chi connectivity index (χ2n) is 4.18. The van der Waals surface area contributed by atoms with Gasteiger partial charge in [0.2, 0.25) is 0 Å². The normalized spacial score (nSPS) is 22.9. The Morgan fingerprint density at radius 1 is 1.53 bits per heavy atom. The van der Waals surface area contributed by atoms with Gasteiger partial charge in [-0.1, -0.05) is 0 Å². The van der Waals surface area contributed by atoms with E-state index in [2.05, 4.69) is 0 Å². The number of hydrogen-bond acceptors (Lipinski definition) is 4. The molecule has 2 unspecified atom stereocenters. The van der Waals surface area contributed by atoms with Crippen LogP contribution in [0.2, 0.25) is 0 Å². The van der Waals surface area contributed by atoms with E-state index < -0.39 is 5.97 Å². The Hall–Kier alpha value is -1.75. The maximum absolute atomic E-state index is 10.9. The predicted molar refractivity (Wildman–Crippen MR) is 62.8 cm³/mol.